The number of nitrogens with one attached hydrogen (secondary N) is 2. The SMILES string of the molecule is Cc1cn(C(C)C)nc1Nc1nc(C(=O)NS(=O)(=O)N2CCCOCC2)co1. The lowest BCUT2D eigenvalue weighted by Crippen LogP contribution is -2.44. The van der Waals surface area contributed by atoms with E-state index in [4.69, 9.17) is 9.15 Å². The van der Waals surface area contributed by atoms with Crippen LogP contribution in [0.2, 0.25) is 0 Å². The van der Waals surface area contributed by atoms with Gasteiger partial charge in [-0.3, -0.25) is 14.8 Å². The normalized spacial score (nSPS) is 16.1. The number of aromatic nitrogens is 3. The third-order valence-electron chi connectivity index (χ3n) is 4.15. The van der Waals surface area contributed by atoms with Gasteiger partial charge in [0.2, 0.25) is 0 Å². The Morgan fingerprint density at radius 2 is 2.07 bits per heavy atom. The lowest BCUT2D eigenvalue weighted by molar-refractivity contribution is 0.0973. The molecule has 0 atom stereocenters. The molecular weight excluding hydrogens is 388 g/mol. The van der Waals surface area contributed by atoms with Gasteiger partial charge >= 0.3 is 16.2 Å². The third kappa shape index (κ3) is 4.69. The molecule has 1 aliphatic heterocycles. The number of nitrogens with zero attached hydrogens (tertiary/aromatic N) is 4. The Bertz CT molecular complexity index is 927. The van der Waals surface area contributed by atoms with Gasteiger partial charge in [-0.05, 0) is 27.2 Å². The average Bonchev–Trinajstić information content (AvgIpc) is 3.12. The number of hydrogen-bond donors (Lipinski definition) is 2. The molecule has 12 heteroatoms. The molecule has 3 rings (SSSR count). The molecule has 2 N–H and O–H groups in total. The molecule has 1 fully saturated rings. The first kappa shape index (κ1) is 20.3. The van der Waals surface area contributed by atoms with Gasteiger partial charge in [-0.25, -0.2) is 4.72 Å². The predicted molar refractivity (Wildman–Crippen MR) is 101 cm³/mol. The monoisotopic (exact) mass is 412 g/mol. The molecule has 0 bridgehead atoms. The van der Waals surface area contributed by atoms with E-state index in [1.54, 1.807) is 4.68 Å². The molecule has 28 heavy (non-hydrogen) atoms. The molecule has 0 radical (unpaired) electrons. The van der Waals surface area contributed by atoms with Crippen molar-refractivity contribution in [2.45, 2.75) is 33.2 Å². The Labute approximate surface area is 163 Å². The van der Waals surface area contributed by atoms with Crippen molar-refractivity contribution in [2.24, 2.45) is 0 Å². The minimum atomic E-state index is -3.98. The van der Waals surface area contributed by atoms with Gasteiger partial charge in [0.15, 0.2) is 11.5 Å². The van der Waals surface area contributed by atoms with Crippen LogP contribution in [0.25, 0.3) is 0 Å². The molecule has 2 aromatic heterocycles. The van der Waals surface area contributed by atoms with Crippen LogP contribution in [0.3, 0.4) is 0 Å². The average molecular weight is 412 g/mol. The summed E-state index contributed by atoms with van der Waals surface area (Å²) in [7, 11) is -3.98. The van der Waals surface area contributed by atoms with Gasteiger partial charge in [0, 0.05) is 37.5 Å². The number of aryl methyl sites for hydroxylation is 1. The number of anilines is 2. The zero-order valence-corrected chi connectivity index (χ0v) is 16.8. The van der Waals surface area contributed by atoms with Gasteiger partial charge in [-0.15, -0.1) is 0 Å². The summed E-state index contributed by atoms with van der Waals surface area (Å²) >= 11 is 0. The Kier molecular flexibility index (Phi) is 6.01. The quantitative estimate of drug-likeness (QED) is 0.723. The summed E-state index contributed by atoms with van der Waals surface area (Å²) in [4.78, 5) is 16.3. The fourth-order valence-corrected chi connectivity index (χ4v) is 3.76. The minimum absolute atomic E-state index is 0.0443. The molecule has 0 spiro atoms. The summed E-state index contributed by atoms with van der Waals surface area (Å²) in [5.74, 6) is -0.328. The lowest BCUT2D eigenvalue weighted by Gasteiger charge is -2.18. The van der Waals surface area contributed by atoms with E-state index in [0.717, 1.165) is 11.8 Å². The molecule has 154 valence electrons. The van der Waals surface area contributed by atoms with Crippen molar-refractivity contribution in [1.82, 2.24) is 23.8 Å². The molecule has 1 aliphatic rings. The Hall–Kier alpha value is -2.44. The predicted octanol–water partition coefficient (Wildman–Crippen LogP) is 1.20. The highest BCUT2D eigenvalue weighted by molar-refractivity contribution is 7.87. The second kappa shape index (κ2) is 8.29. The van der Waals surface area contributed by atoms with Crippen LogP contribution in [0.4, 0.5) is 11.8 Å². The smallest absolute Gasteiger partial charge is 0.304 e. The van der Waals surface area contributed by atoms with Crippen LogP contribution < -0.4 is 10.0 Å². The maximum Gasteiger partial charge on any atom is 0.304 e. The number of oxazole rings is 1. The van der Waals surface area contributed by atoms with Gasteiger partial charge < -0.3 is 9.15 Å². The summed E-state index contributed by atoms with van der Waals surface area (Å²) in [6.45, 7) is 7.13. The van der Waals surface area contributed by atoms with Crippen molar-refractivity contribution in [3.05, 3.63) is 23.7 Å². The van der Waals surface area contributed by atoms with Crippen LogP contribution in [-0.2, 0) is 14.9 Å². The highest BCUT2D eigenvalue weighted by atomic mass is 32.2. The third-order valence-corrected chi connectivity index (χ3v) is 5.64. The number of carbonyl (C=O) groups is 1. The van der Waals surface area contributed by atoms with Crippen LogP contribution in [-0.4, -0.2) is 59.7 Å². The van der Waals surface area contributed by atoms with Crippen molar-refractivity contribution >= 4 is 27.9 Å². The van der Waals surface area contributed by atoms with Crippen LogP contribution in [0, 0.1) is 6.92 Å². The zero-order chi connectivity index (χ0) is 20.3. The summed E-state index contributed by atoms with van der Waals surface area (Å²) in [6, 6.07) is 0.234. The molecule has 1 amide bonds. The van der Waals surface area contributed by atoms with E-state index >= 15 is 0 Å². The molecule has 11 nitrogen and oxygen atoms in total. The molecule has 3 heterocycles. The number of rotatable bonds is 6. The van der Waals surface area contributed by atoms with Crippen molar-refractivity contribution in [2.75, 3.05) is 31.6 Å². The topological polar surface area (TPSA) is 132 Å². The molecule has 0 aromatic carbocycles. The first-order chi connectivity index (χ1) is 13.3. The molecule has 0 aliphatic carbocycles. The van der Waals surface area contributed by atoms with Crippen LogP contribution in [0.5, 0.6) is 0 Å². The first-order valence-corrected chi connectivity index (χ1v) is 10.4. The highest BCUT2D eigenvalue weighted by Gasteiger charge is 2.27. The standard InChI is InChI=1S/C16H24N6O5S/c1-11(2)22-9-12(3)14(19-22)18-16-17-13(10-27-16)15(23)20-28(24,25)21-5-4-7-26-8-6-21/h9-11H,4-8H2,1-3H3,(H,20,23)(H,17,18,19). The van der Waals surface area contributed by atoms with Crippen molar-refractivity contribution < 1.29 is 22.4 Å². The number of carbonyl (C=O) groups excluding carboxylic acids is 1. The van der Waals surface area contributed by atoms with Crippen molar-refractivity contribution in [3.8, 4) is 0 Å². The molecular formula is C16H24N6O5S. The van der Waals surface area contributed by atoms with E-state index < -0.39 is 16.1 Å². The van der Waals surface area contributed by atoms with E-state index in [-0.39, 0.29) is 37.4 Å². The molecule has 0 saturated carbocycles. The second-order valence-electron chi connectivity index (χ2n) is 6.70. The molecule has 1 saturated heterocycles. The van der Waals surface area contributed by atoms with E-state index in [2.05, 4.69) is 15.4 Å². The van der Waals surface area contributed by atoms with Gasteiger partial charge in [0.25, 0.3) is 5.91 Å². The van der Waals surface area contributed by atoms with E-state index in [1.165, 1.54) is 4.31 Å². The van der Waals surface area contributed by atoms with Gasteiger partial charge in [0.05, 0.1) is 6.61 Å². The summed E-state index contributed by atoms with van der Waals surface area (Å²) in [5, 5.41) is 7.27. The summed E-state index contributed by atoms with van der Waals surface area (Å²) in [5.41, 5.74) is 0.724. The van der Waals surface area contributed by atoms with Gasteiger partial charge in [-0.1, -0.05) is 0 Å². The maximum absolute atomic E-state index is 12.4. The van der Waals surface area contributed by atoms with Crippen LogP contribution in [0.1, 0.15) is 42.4 Å². The fourth-order valence-electron chi connectivity index (χ4n) is 2.61. The lowest BCUT2D eigenvalue weighted by atomic mass is 10.3. The Morgan fingerprint density at radius 3 is 2.79 bits per heavy atom. The van der Waals surface area contributed by atoms with E-state index in [9.17, 15) is 13.2 Å². The van der Waals surface area contributed by atoms with Gasteiger partial charge in [-0.2, -0.15) is 22.8 Å². The van der Waals surface area contributed by atoms with Crippen molar-refractivity contribution in [3.63, 3.8) is 0 Å². The summed E-state index contributed by atoms with van der Waals surface area (Å²) in [6.07, 6.45) is 3.53. The largest absolute Gasteiger partial charge is 0.431 e. The fraction of sp³-hybridized carbons (Fsp3) is 0.562. The minimum Gasteiger partial charge on any atom is -0.431 e. The number of ether oxygens (including phenoxy) is 1. The Balaban J connectivity index is 1.67. The van der Waals surface area contributed by atoms with Crippen LogP contribution >= 0.6 is 0 Å². The maximum atomic E-state index is 12.4. The second-order valence-corrected chi connectivity index (χ2v) is 8.37. The first-order valence-electron chi connectivity index (χ1n) is 8.94. The van der Waals surface area contributed by atoms with E-state index in [0.29, 0.717) is 18.8 Å². The number of amides is 1. The van der Waals surface area contributed by atoms with E-state index in [1.807, 2.05) is 31.7 Å². The Morgan fingerprint density at radius 1 is 1.29 bits per heavy atom. The molecule has 2 aromatic rings. The van der Waals surface area contributed by atoms with Crippen molar-refractivity contribution in [1.29, 1.82) is 0 Å². The highest BCUT2D eigenvalue weighted by Crippen LogP contribution is 2.20. The van der Waals surface area contributed by atoms with Crippen LogP contribution in [0.15, 0.2) is 16.9 Å². The molecule has 0 unspecified atom stereocenters. The zero-order valence-electron chi connectivity index (χ0n) is 16.0. The number of hydrogen-bond acceptors (Lipinski definition) is 8. The van der Waals surface area contributed by atoms with Gasteiger partial charge in [0.1, 0.15) is 6.26 Å². The summed E-state index contributed by atoms with van der Waals surface area (Å²) < 4.78 is 40.2.